The number of hydrogen-bond donors (Lipinski definition) is 1. The van der Waals surface area contributed by atoms with Gasteiger partial charge >= 0.3 is 0 Å². The lowest BCUT2D eigenvalue weighted by molar-refractivity contribution is 0.296. The monoisotopic (exact) mass is 276 g/mol. The molecule has 2 aromatic rings. The molecule has 0 saturated heterocycles. The Morgan fingerprint density at radius 3 is 2.79 bits per heavy atom. The highest BCUT2D eigenvalue weighted by molar-refractivity contribution is 6.30. The van der Waals surface area contributed by atoms with E-state index in [1.165, 1.54) is 0 Å². The van der Waals surface area contributed by atoms with Crippen LogP contribution in [0.3, 0.4) is 0 Å². The molecule has 19 heavy (non-hydrogen) atoms. The van der Waals surface area contributed by atoms with E-state index in [9.17, 15) is 0 Å². The maximum absolute atomic E-state index is 5.98. The summed E-state index contributed by atoms with van der Waals surface area (Å²) < 4.78 is 5.79. The van der Waals surface area contributed by atoms with Crippen molar-refractivity contribution in [3.05, 3.63) is 58.4 Å². The predicted octanol–water partition coefficient (Wildman–Crippen LogP) is 3.64. The molecule has 0 aliphatic rings. The predicted molar refractivity (Wildman–Crippen MR) is 77.4 cm³/mol. The van der Waals surface area contributed by atoms with Crippen LogP contribution in [0.1, 0.15) is 29.9 Å². The van der Waals surface area contributed by atoms with Gasteiger partial charge < -0.3 is 10.5 Å². The molecule has 0 amide bonds. The fraction of sp³-hybridized carbons (Fsp3) is 0.267. The summed E-state index contributed by atoms with van der Waals surface area (Å²) >= 11 is 5.98. The molecule has 0 bridgehead atoms. The van der Waals surface area contributed by atoms with E-state index in [2.05, 4.69) is 4.98 Å². The van der Waals surface area contributed by atoms with Crippen molar-refractivity contribution in [2.45, 2.75) is 26.5 Å². The average molecular weight is 277 g/mol. The second kappa shape index (κ2) is 6.04. The maximum Gasteiger partial charge on any atom is 0.130 e. The van der Waals surface area contributed by atoms with Crippen LogP contribution in [0.2, 0.25) is 5.02 Å². The van der Waals surface area contributed by atoms with Gasteiger partial charge in [0.05, 0.1) is 5.69 Å². The summed E-state index contributed by atoms with van der Waals surface area (Å²) in [6, 6.07) is 11.2. The van der Waals surface area contributed by atoms with Gasteiger partial charge in [-0.3, -0.25) is 4.98 Å². The summed E-state index contributed by atoms with van der Waals surface area (Å²) in [7, 11) is 0. The molecule has 0 spiro atoms. The summed E-state index contributed by atoms with van der Waals surface area (Å²) in [6.45, 7) is 4.28. The first-order chi connectivity index (χ1) is 9.06. The minimum absolute atomic E-state index is 0.126. The molecule has 2 N–H and O–H groups in total. The zero-order valence-electron chi connectivity index (χ0n) is 11.1. The second-order valence-corrected chi connectivity index (χ2v) is 4.97. The Morgan fingerprint density at radius 1 is 1.32 bits per heavy atom. The zero-order chi connectivity index (χ0) is 13.8. The lowest BCUT2D eigenvalue weighted by Gasteiger charge is -2.14. The molecular weight excluding hydrogens is 260 g/mol. The molecule has 0 aliphatic carbocycles. The Hall–Kier alpha value is -1.58. The van der Waals surface area contributed by atoms with E-state index < -0.39 is 0 Å². The molecule has 0 aliphatic heterocycles. The van der Waals surface area contributed by atoms with Gasteiger partial charge in [-0.05, 0) is 44.2 Å². The van der Waals surface area contributed by atoms with Gasteiger partial charge in [0.15, 0.2) is 0 Å². The molecule has 1 aromatic carbocycles. The molecule has 0 radical (unpaired) electrons. The Balaban J connectivity index is 2.15. The van der Waals surface area contributed by atoms with Crippen LogP contribution in [0.5, 0.6) is 5.75 Å². The van der Waals surface area contributed by atoms with Crippen LogP contribution in [0, 0.1) is 6.92 Å². The summed E-state index contributed by atoms with van der Waals surface area (Å²) in [6.07, 6.45) is 0. The number of nitrogens with two attached hydrogens (primary N) is 1. The summed E-state index contributed by atoms with van der Waals surface area (Å²) in [5.41, 5.74) is 8.70. The molecule has 2 rings (SSSR count). The second-order valence-electron chi connectivity index (χ2n) is 4.53. The molecule has 0 saturated carbocycles. The van der Waals surface area contributed by atoms with E-state index >= 15 is 0 Å². The molecule has 3 nitrogen and oxygen atoms in total. The highest BCUT2D eigenvalue weighted by atomic mass is 35.5. The normalized spacial score (nSPS) is 12.2. The number of rotatable bonds is 4. The highest BCUT2D eigenvalue weighted by Crippen LogP contribution is 2.27. The van der Waals surface area contributed by atoms with E-state index in [-0.39, 0.29) is 6.04 Å². The first-order valence-electron chi connectivity index (χ1n) is 6.16. The van der Waals surface area contributed by atoms with Crippen molar-refractivity contribution in [1.82, 2.24) is 4.98 Å². The topological polar surface area (TPSA) is 48.1 Å². The van der Waals surface area contributed by atoms with Gasteiger partial charge in [-0.1, -0.05) is 17.7 Å². The lowest BCUT2D eigenvalue weighted by Crippen LogP contribution is -2.08. The van der Waals surface area contributed by atoms with Gasteiger partial charge in [-0.25, -0.2) is 0 Å². The van der Waals surface area contributed by atoms with Crippen LogP contribution in [0.4, 0.5) is 0 Å². The summed E-state index contributed by atoms with van der Waals surface area (Å²) in [4.78, 5) is 4.40. The number of aryl methyl sites for hydroxylation is 1. The highest BCUT2D eigenvalue weighted by Gasteiger charge is 2.09. The minimum atomic E-state index is -0.126. The largest absolute Gasteiger partial charge is 0.487 e. The average Bonchev–Trinajstić information content (AvgIpc) is 2.37. The Kier molecular flexibility index (Phi) is 4.40. The quantitative estimate of drug-likeness (QED) is 0.927. The number of nitrogens with zero attached hydrogens (tertiary/aromatic N) is 1. The third kappa shape index (κ3) is 3.69. The Labute approximate surface area is 118 Å². The first kappa shape index (κ1) is 13.8. The van der Waals surface area contributed by atoms with Crippen LogP contribution in [-0.4, -0.2) is 4.98 Å². The Bertz CT molecular complexity index is 570. The van der Waals surface area contributed by atoms with E-state index in [1.54, 1.807) is 6.07 Å². The third-order valence-corrected chi connectivity index (χ3v) is 3.02. The van der Waals surface area contributed by atoms with E-state index in [0.717, 1.165) is 22.7 Å². The lowest BCUT2D eigenvalue weighted by atomic mass is 10.1. The Morgan fingerprint density at radius 2 is 2.11 bits per heavy atom. The van der Waals surface area contributed by atoms with Crippen molar-refractivity contribution >= 4 is 11.6 Å². The van der Waals surface area contributed by atoms with Gasteiger partial charge in [0.25, 0.3) is 0 Å². The van der Waals surface area contributed by atoms with Crippen LogP contribution in [-0.2, 0) is 6.61 Å². The van der Waals surface area contributed by atoms with E-state index in [0.29, 0.717) is 11.6 Å². The van der Waals surface area contributed by atoms with Gasteiger partial charge in [-0.15, -0.1) is 0 Å². The van der Waals surface area contributed by atoms with Gasteiger partial charge in [0.2, 0.25) is 0 Å². The van der Waals surface area contributed by atoms with Gasteiger partial charge in [-0.2, -0.15) is 0 Å². The number of ether oxygens (including phenoxy) is 1. The fourth-order valence-electron chi connectivity index (χ4n) is 1.84. The number of hydrogen-bond acceptors (Lipinski definition) is 3. The standard InChI is InChI=1S/C15H17ClN2O/c1-10-4-3-5-13(18-10)9-19-15-7-6-12(16)8-14(15)11(2)17/h3-8,11H,9,17H2,1-2H3/t11-/m1/s1. The minimum Gasteiger partial charge on any atom is -0.487 e. The van der Waals surface area contributed by atoms with E-state index in [1.807, 2.05) is 44.2 Å². The fourth-order valence-corrected chi connectivity index (χ4v) is 2.02. The molecule has 0 fully saturated rings. The molecular formula is C15H17ClN2O. The first-order valence-corrected chi connectivity index (χ1v) is 6.54. The van der Waals surface area contributed by atoms with Crippen molar-refractivity contribution in [3.8, 4) is 5.75 Å². The molecule has 0 unspecified atom stereocenters. The number of benzene rings is 1. The SMILES string of the molecule is Cc1cccc(COc2ccc(Cl)cc2[C@@H](C)N)n1. The number of halogens is 1. The molecule has 1 atom stereocenters. The van der Waals surface area contributed by atoms with Crippen molar-refractivity contribution in [2.75, 3.05) is 0 Å². The molecule has 1 heterocycles. The zero-order valence-corrected chi connectivity index (χ0v) is 11.8. The number of aromatic nitrogens is 1. The maximum atomic E-state index is 5.98. The van der Waals surface area contributed by atoms with Crippen molar-refractivity contribution in [1.29, 1.82) is 0 Å². The smallest absolute Gasteiger partial charge is 0.130 e. The van der Waals surface area contributed by atoms with Crippen molar-refractivity contribution in [3.63, 3.8) is 0 Å². The van der Waals surface area contributed by atoms with Crippen LogP contribution in [0.25, 0.3) is 0 Å². The molecule has 4 heteroatoms. The van der Waals surface area contributed by atoms with Gasteiger partial charge in [0.1, 0.15) is 12.4 Å². The summed E-state index contributed by atoms with van der Waals surface area (Å²) in [5, 5.41) is 0.660. The third-order valence-electron chi connectivity index (χ3n) is 2.78. The van der Waals surface area contributed by atoms with Gasteiger partial charge in [0, 0.05) is 22.3 Å². The molecule has 100 valence electrons. The summed E-state index contributed by atoms with van der Waals surface area (Å²) in [5.74, 6) is 0.753. The van der Waals surface area contributed by atoms with Crippen LogP contribution >= 0.6 is 11.6 Å². The van der Waals surface area contributed by atoms with Crippen molar-refractivity contribution < 1.29 is 4.74 Å². The molecule has 1 aromatic heterocycles. The van der Waals surface area contributed by atoms with Crippen LogP contribution in [0.15, 0.2) is 36.4 Å². The number of pyridine rings is 1. The van der Waals surface area contributed by atoms with Crippen LogP contribution < -0.4 is 10.5 Å². The van der Waals surface area contributed by atoms with Crippen molar-refractivity contribution in [2.24, 2.45) is 5.73 Å². The van der Waals surface area contributed by atoms with E-state index in [4.69, 9.17) is 22.1 Å².